The van der Waals surface area contributed by atoms with Crippen LogP contribution in [0.15, 0.2) is 88.5 Å². The number of nitrogens with two attached hydrogens (primary N) is 1. The van der Waals surface area contributed by atoms with Crippen molar-refractivity contribution in [2.45, 2.75) is 12.8 Å². The first kappa shape index (κ1) is 18.4. The van der Waals surface area contributed by atoms with Crippen LogP contribution in [-0.4, -0.2) is 22.9 Å². The Morgan fingerprint density at radius 1 is 1.17 bits per heavy atom. The molecule has 2 heterocycles. The van der Waals surface area contributed by atoms with E-state index in [1.807, 2.05) is 61.5 Å². The van der Waals surface area contributed by atoms with E-state index in [0.29, 0.717) is 5.90 Å². The molecule has 0 saturated heterocycles. The molecule has 1 aromatic heterocycles. The fourth-order valence-electron chi connectivity index (χ4n) is 2.89. The van der Waals surface area contributed by atoms with Crippen LogP contribution < -0.4 is 11.2 Å². The van der Waals surface area contributed by atoms with Gasteiger partial charge in [-0.25, -0.2) is 10.4 Å². The highest BCUT2D eigenvalue weighted by molar-refractivity contribution is 6.02. The third-order valence-electron chi connectivity index (χ3n) is 4.56. The molecule has 4 N–H and O–H groups in total. The summed E-state index contributed by atoms with van der Waals surface area (Å²) in [6, 6.07) is 19.5. The zero-order valence-corrected chi connectivity index (χ0v) is 15.8. The van der Waals surface area contributed by atoms with Crippen molar-refractivity contribution < 1.29 is 4.74 Å². The number of fused-ring (bicyclic) bond motifs is 1. The number of benzene rings is 2. The van der Waals surface area contributed by atoms with Crippen LogP contribution in [0.25, 0.3) is 10.9 Å². The predicted octanol–water partition coefficient (Wildman–Crippen LogP) is 3.50. The average molecular weight is 384 g/mol. The van der Waals surface area contributed by atoms with Gasteiger partial charge in [0.1, 0.15) is 5.70 Å². The summed E-state index contributed by atoms with van der Waals surface area (Å²) in [5.74, 6) is 0.520. The second kappa shape index (κ2) is 7.93. The molecule has 0 spiro atoms. The minimum Gasteiger partial charge on any atom is -0.417 e. The van der Waals surface area contributed by atoms with Gasteiger partial charge in [-0.05, 0) is 35.9 Å². The van der Waals surface area contributed by atoms with E-state index in [1.54, 1.807) is 12.4 Å². The fourth-order valence-corrected chi connectivity index (χ4v) is 2.89. The zero-order chi connectivity index (χ0) is 20.2. The molecule has 144 valence electrons. The SMILES string of the molecule is CC(C=NC(=N)C(N)=C1NN=C(c2ccccc2)O1)c1ccc2ncccc2c1. The molecule has 1 aliphatic heterocycles. The van der Waals surface area contributed by atoms with Crippen molar-refractivity contribution in [1.82, 2.24) is 10.4 Å². The summed E-state index contributed by atoms with van der Waals surface area (Å²) in [6.07, 6.45) is 3.47. The first-order valence-corrected chi connectivity index (χ1v) is 9.16. The van der Waals surface area contributed by atoms with Crippen LogP contribution in [0.4, 0.5) is 0 Å². The van der Waals surface area contributed by atoms with Gasteiger partial charge in [-0.3, -0.25) is 10.4 Å². The van der Waals surface area contributed by atoms with Crippen molar-refractivity contribution in [2.75, 3.05) is 0 Å². The molecule has 0 saturated carbocycles. The van der Waals surface area contributed by atoms with Crippen molar-refractivity contribution in [2.24, 2.45) is 15.8 Å². The minimum atomic E-state index is -0.0914. The van der Waals surface area contributed by atoms with E-state index in [2.05, 4.69) is 26.6 Å². The molecule has 2 aromatic carbocycles. The first-order valence-electron chi connectivity index (χ1n) is 9.16. The second-order valence-electron chi connectivity index (χ2n) is 6.61. The molecule has 3 aromatic rings. The number of hydrogen-bond donors (Lipinski definition) is 3. The second-order valence-corrected chi connectivity index (χ2v) is 6.61. The minimum absolute atomic E-state index is 0.00587. The highest BCUT2D eigenvalue weighted by Crippen LogP contribution is 2.19. The molecule has 1 aliphatic rings. The van der Waals surface area contributed by atoms with Gasteiger partial charge in [0, 0.05) is 29.3 Å². The van der Waals surface area contributed by atoms with Gasteiger partial charge >= 0.3 is 0 Å². The Kier molecular flexibility index (Phi) is 5.03. The number of hydrogen-bond acceptors (Lipinski definition) is 6. The molecule has 7 heteroatoms. The molecular weight excluding hydrogens is 364 g/mol. The van der Waals surface area contributed by atoms with E-state index in [9.17, 15) is 0 Å². The highest BCUT2D eigenvalue weighted by atomic mass is 16.5. The maximum Gasteiger partial charge on any atom is 0.245 e. The zero-order valence-electron chi connectivity index (χ0n) is 15.8. The Bertz CT molecular complexity index is 1150. The maximum absolute atomic E-state index is 8.16. The lowest BCUT2D eigenvalue weighted by Gasteiger charge is -2.08. The predicted molar refractivity (Wildman–Crippen MR) is 115 cm³/mol. The fraction of sp³-hybridized carbons (Fsp3) is 0.0909. The molecule has 7 nitrogen and oxygen atoms in total. The third kappa shape index (κ3) is 3.98. The smallest absolute Gasteiger partial charge is 0.245 e. The molecule has 0 radical (unpaired) electrons. The van der Waals surface area contributed by atoms with E-state index in [4.69, 9.17) is 15.9 Å². The van der Waals surface area contributed by atoms with Gasteiger partial charge in [-0.2, -0.15) is 0 Å². The molecule has 29 heavy (non-hydrogen) atoms. The standard InChI is InChI=1S/C22H20N6O/c1-14(16-9-10-18-17(12-16)8-5-11-25-18)13-26-20(24)19(23)22-28-27-21(29-22)15-6-3-2-4-7-15/h2-14,24,28H,23H2,1H3. The summed E-state index contributed by atoms with van der Waals surface area (Å²) in [7, 11) is 0. The Morgan fingerprint density at radius 2 is 2.00 bits per heavy atom. The van der Waals surface area contributed by atoms with Crippen LogP contribution in [0.3, 0.4) is 0 Å². The van der Waals surface area contributed by atoms with Crippen molar-refractivity contribution in [3.05, 3.63) is 89.6 Å². The summed E-state index contributed by atoms with van der Waals surface area (Å²) < 4.78 is 5.64. The monoisotopic (exact) mass is 384 g/mol. The van der Waals surface area contributed by atoms with Gasteiger partial charge < -0.3 is 10.5 Å². The summed E-state index contributed by atoms with van der Waals surface area (Å²) in [4.78, 5) is 8.54. The van der Waals surface area contributed by atoms with Gasteiger partial charge in [0.05, 0.1) is 5.52 Å². The number of amidine groups is 1. The number of pyridine rings is 1. The number of nitrogens with one attached hydrogen (secondary N) is 2. The lowest BCUT2D eigenvalue weighted by Crippen LogP contribution is -2.18. The van der Waals surface area contributed by atoms with E-state index in [0.717, 1.165) is 22.0 Å². The molecule has 0 bridgehead atoms. The Morgan fingerprint density at radius 3 is 2.83 bits per heavy atom. The quantitative estimate of drug-likeness (QED) is 0.472. The molecule has 0 amide bonds. The topological polar surface area (TPSA) is 109 Å². The lowest BCUT2D eigenvalue weighted by atomic mass is 10.0. The van der Waals surface area contributed by atoms with Crippen LogP contribution in [0.5, 0.6) is 0 Å². The van der Waals surface area contributed by atoms with Crippen LogP contribution in [0.1, 0.15) is 24.0 Å². The lowest BCUT2D eigenvalue weighted by molar-refractivity contribution is 0.412. The van der Waals surface area contributed by atoms with Crippen LogP contribution >= 0.6 is 0 Å². The summed E-state index contributed by atoms with van der Waals surface area (Å²) in [5.41, 5.74) is 11.7. The molecule has 0 aliphatic carbocycles. The number of hydrazone groups is 1. The van der Waals surface area contributed by atoms with Crippen LogP contribution in [-0.2, 0) is 4.74 Å². The van der Waals surface area contributed by atoms with Crippen molar-refractivity contribution in [3.63, 3.8) is 0 Å². The van der Waals surface area contributed by atoms with E-state index in [-0.39, 0.29) is 23.3 Å². The first-order chi connectivity index (χ1) is 14.1. The summed E-state index contributed by atoms with van der Waals surface area (Å²) in [5, 5.41) is 13.3. The molecule has 1 unspecified atom stereocenters. The van der Waals surface area contributed by atoms with E-state index >= 15 is 0 Å². The van der Waals surface area contributed by atoms with Crippen LogP contribution in [0.2, 0.25) is 0 Å². The van der Waals surface area contributed by atoms with E-state index in [1.165, 1.54) is 0 Å². The normalized spacial score (nSPS) is 16.2. The molecule has 0 fully saturated rings. The van der Waals surface area contributed by atoms with Gasteiger partial charge in [0.25, 0.3) is 0 Å². The molecule has 4 rings (SSSR count). The Labute approximate surface area is 168 Å². The molecule has 1 atom stereocenters. The summed E-state index contributed by atoms with van der Waals surface area (Å²) >= 11 is 0. The highest BCUT2D eigenvalue weighted by Gasteiger charge is 2.20. The number of rotatable bonds is 4. The largest absolute Gasteiger partial charge is 0.417 e. The Hall–Kier alpha value is -4.00. The van der Waals surface area contributed by atoms with E-state index < -0.39 is 0 Å². The van der Waals surface area contributed by atoms with Crippen LogP contribution in [0, 0.1) is 5.41 Å². The number of nitrogens with zero attached hydrogens (tertiary/aromatic N) is 3. The maximum atomic E-state index is 8.16. The van der Waals surface area contributed by atoms with Gasteiger partial charge in [0.2, 0.25) is 11.8 Å². The Balaban J connectivity index is 1.45. The van der Waals surface area contributed by atoms with Gasteiger partial charge in [0.15, 0.2) is 5.84 Å². The third-order valence-corrected chi connectivity index (χ3v) is 4.56. The number of aliphatic imine (C=N–C) groups is 1. The van der Waals surface area contributed by atoms with Gasteiger partial charge in [-0.1, -0.05) is 37.3 Å². The molecular formula is C22H20N6O. The average Bonchev–Trinajstić information content (AvgIpc) is 3.27. The summed E-state index contributed by atoms with van der Waals surface area (Å²) in [6.45, 7) is 2.01. The van der Waals surface area contributed by atoms with Crippen molar-refractivity contribution >= 4 is 28.9 Å². The van der Waals surface area contributed by atoms with Crippen molar-refractivity contribution in [1.29, 1.82) is 5.41 Å². The van der Waals surface area contributed by atoms with Gasteiger partial charge in [-0.15, -0.1) is 5.10 Å². The van der Waals surface area contributed by atoms with Crippen molar-refractivity contribution in [3.8, 4) is 0 Å². The number of aromatic nitrogens is 1. The number of ether oxygens (including phenoxy) is 1.